The van der Waals surface area contributed by atoms with E-state index in [9.17, 15) is 43.2 Å². The van der Waals surface area contributed by atoms with Crippen LogP contribution in [0.3, 0.4) is 0 Å². The zero-order chi connectivity index (χ0) is 68.6. The molecular weight excluding hydrogens is 1220 g/mol. The molecule has 0 fully saturated rings. The molecule has 0 amide bonds. The molecule has 0 spiro atoms. The maximum atomic E-state index is 13.1. The Bertz CT molecular complexity index is 1800. The number of unbranched alkanes of at least 4 members (excludes halogenated alkanes) is 43. The summed E-state index contributed by atoms with van der Waals surface area (Å²) in [7, 11) is -9.91. The van der Waals surface area contributed by atoms with Gasteiger partial charge in [0.15, 0.2) is 12.2 Å². The van der Waals surface area contributed by atoms with E-state index in [1.54, 1.807) is 0 Å². The Morgan fingerprint density at radius 2 is 0.495 bits per heavy atom. The van der Waals surface area contributed by atoms with Crippen LogP contribution in [-0.2, 0) is 65.4 Å². The van der Waals surface area contributed by atoms with Crippen LogP contribution in [0.25, 0.3) is 0 Å². The lowest BCUT2D eigenvalue weighted by Crippen LogP contribution is -2.30. The van der Waals surface area contributed by atoms with Crippen LogP contribution in [-0.4, -0.2) is 96.7 Å². The Morgan fingerprint density at radius 1 is 0.290 bits per heavy atom. The van der Waals surface area contributed by atoms with Crippen molar-refractivity contribution in [3.8, 4) is 0 Å². The number of aliphatic hydroxyl groups is 1. The second-order valence-corrected chi connectivity index (χ2v) is 30.5. The standard InChI is InChI=1S/C74H144O17P2/c1-7-9-11-13-15-17-19-20-21-22-23-28-34-40-46-52-58-73(78)90-69(63-85-72(77)57-51-45-39-33-27-25-24-26-30-36-42-48-54-66(3)4)64-88-92(80,81)86-60-68(75)61-87-93(82,83)89-65-70(62-84-71(76)56-50-44-38-32-18-16-14-12-10-8-2)91-74(79)59-53-47-41-35-29-31-37-43-49-55-67(5)6/h66-70,75H,7-65H2,1-6H3,(H,80,81)(H,82,83)/t68-,69-,70-/m1/s1. The molecule has 0 aromatic heterocycles. The van der Waals surface area contributed by atoms with Crippen LogP contribution in [0.2, 0.25) is 0 Å². The van der Waals surface area contributed by atoms with Crippen molar-refractivity contribution in [3.05, 3.63) is 0 Å². The lowest BCUT2D eigenvalue weighted by Gasteiger charge is -2.21. The molecule has 552 valence electrons. The van der Waals surface area contributed by atoms with Gasteiger partial charge in [0.05, 0.1) is 26.4 Å². The van der Waals surface area contributed by atoms with Gasteiger partial charge in [0.1, 0.15) is 19.3 Å². The van der Waals surface area contributed by atoms with Crippen LogP contribution in [0.5, 0.6) is 0 Å². The van der Waals surface area contributed by atoms with Gasteiger partial charge in [-0.3, -0.25) is 37.3 Å². The molecule has 0 saturated carbocycles. The second-order valence-electron chi connectivity index (χ2n) is 27.6. The molecule has 0 aromatic carbocycles. The van der Waals surface area contributed by atoms with E-state index in [0.717, 1.165) is 102 Å². The van der Waals surface area contributed by atoms with E-state index in [1.165, 1.54) is 199 Å². The second kappa shape index (κ2) is 66.0. The fourth-order valence-corrected chi connectivity index (χ4v) is 12.9. The van der Waals surface area contributed by atoms with Crippen molar-refractivity contribution < 1.29 is 80.2 Å². The van der Waals surface area contributed by atoms with E-state index < -0.39 is 97.5 Å². The summed E-state index contributed by atoms with van der Waals surface area (Å²) in [6.45, 7) is 9.57. The van der Waals surface area contributed by atoms with Gasteiger partial charge in [0.25, 0.3) is 0 Å². The van der Waals surface area contributed by atoms with Gasteiger partial charge in [-0.05, 0) is 37.5 Å². The molecule has 0 bridgehead atoms. The van der Waals surface area contributed by atoms with E-state index >= 15 is 0 Å². The van der Waals surface area contributed by atoms with Crippen molar-refractivity contribution >= 4 is 39.5 Å². The van der Waals surface area contributed by atoms with Crippen LogP contribution in [0.15, 0.2) is 0 Å². The van der Waals surface area contributed by atoms with Crippen molar-refractivity contribution in [2.75, 3.05) is 39.6 Å². The molecule has 19 heteroatoms. The minimum atomic E-state index is -4.96. The molecule has 0 aliphatic heterocycles. The number of rotatable bonds is 73. The number of esters is 4. The van der Waals surface area contributed by atoms with Gasteiger partial charge < -0.3 is 33.8 Å². The van der Waals surface area contributed by atoms with E-state index in [4.69, 9.17) is 37.0 Å². The van der Waals surface area contributed by atoms with Crippen molar-refractivity contribution in [2.45, 2.75) is 400 Å². The highest BCUT2D eigenvalue weighted by atomic mass is 31.2. The Morgan fingerprint density at radius 3 is 0.731 bits per heavy atom. The molecule has 17 nitrogen and oxygen atoms in total. The first kappa shape index (κ1) is 91.1. The Kier molecular flexibility index (Phi) is 64.6. The first-order valence-corrected chi connectivity index (χ1v) is 41.5. The molecule has 0 aliphatic carbocycles. The van der Waals surface area contributed by atoms with Crippen LogP contribution >= 0.6 is 15.6 Å². The van der Waals surface area contributed by atoms with Crippen molar-refractivity contribution in [3.63, 3.8) is 0 Å². The monoisotopic (exact) mass is 1370 g/mol. The first-order valence-electron chi connectivity index (χ1n) is 38.5. The number of carbonyl (C=O) groups is 4. The molecule has 0 heterocycles. The quantitative estimate of drug-likeness (QED) is 0.0222. The van der Waals surface area contributed by atoms with E-state index in [-0.39, 0.29) is 25.7 Å². The van der Waals surface area contributed by atoms with Gasteiger partial charge in [-0.2, -0.15) is 0 Å². The summed E-state index contributed by atoms with van der Waals surface area (Å²) in [5.41, 5.74) is 0. The third kappa shape index (κ3) is 68.4. The molecule has 0 aliphatic rings. The lowest BCUT2D eigenvalue weighted by atomic mass is 10.0. The summed E-state index contributed by atoms with van der Waals surface area (Å²) in [5.74, 6) is -0.599. The van der Waals surface area contributed by atoms with Crippen LogP contribution in [0.1, 0.15) is 382 Å². The van der Waals surface area contributed by atoms with Gasteiger partial charge in [0, 0.05) is 25.7 Å². The van der Waals surface area contributed by atoms with E-state index in [1.807, 2.05) is 0 Å². The maximum absolute atomic E-state index is 13.1. The Hall–Kier alpha value is -1.94. The smallest absolute Gasteiger partial charge is 0.462 e. The highest BCUT2D eigenvalue weighted by molar-refractivity contribution is 7.47. The number of phosphoric ester groups is 2. The summed E-state index contributed by atoms with van der Waals surface area (Å²) in [4.78, 5) is 72.7. The van der Waals surface area contributed by atoms with Crippen LogP contribution < -0.4 is 0 Å². The Labute approximate surface area is 568 Å². The predicted molar refractivity (Wildman–Crippen MR) is 377 cm³/mol. The van der Waals surface area contributed by atoms with E-state index in [2.05, 4.69) is 41.5 Å². The average Bonchev–Trinajstić information content (AvgIpc) is 2.78. The molecule has 5 atom stereocenters. The first-order chi connectivity index (χ1) is 44.9. The molecule has 0 saturated heterocycles. The van der Waals surface area contributed by atoms with Gasteiger partial charge >= 0.3 is 39.5 Å². The Balaban J connectivity index is 5.25. The highest BCUT2D eigenvalue weighted by Gasteiger charge is 2.30. The molecule has 0 rings (SSSR count). The SMILES string of the molecule is CCCCCCCCCCCCCCCCCCC(=O)O[C@H](COC(=O)CCCCCCCCCCCCCCC(C)C)COP(=O)(O)OC[C@@H](O)COP(=O)(O)OC[C@@H](COC(=O)CCCCCCCCCCCC)OC(=O)CCCCCCCCCCCC(C)C. The minimum Gasteiger partial charge on any atom is -0.462 e. The average molecular weight is 1370 g/mol. The normalized spacial score (nSPS) is 14.1. The van der Waals surface area contributed by atoms with Gasteiger partial charge in [0.2, 0.25) is 0 Å². The predicted octanol–water partition coefficient (Wildman–Crippen LogP) is 21.6. The number of ether oxygens (including phenoxy) is 4. The molecular formula is C74H144O17P2. The van der Waals surface area contributed by atoms with Crippen molar-refractivity contribution in [2.24, 2.45) is 11.8 Å². The van der Waals surface area contributed by atoms with Crippen molar-refractivity contribution in [1.82, 2.24) is 0 Å². The number of hydrogen-bond acceptors (Lipinski definition) is 15. The fourth-order valence-electron chi connectivity index (χ4n) is 11.3. The van der Waals surface area contributed by atoms with Crippen LogP contribution in [0, 0.1) is 11.8 Å². The fraction of sp³-hybridized carbons (Fsp3) is 0.946. The van der Waals surface area contributed by atoms with Gasteiger partial charge in [-0.15, -0.1) is 0 Å². The maximum Gasteiger partial charge on any atom is 0.472 e. The zero-order valence-corrected chi connectivity index (χ0v) is 62.3. The number of carbonyl (C=O) groups excluding carboxylic acids is 4. The molecule has 2 unspecified atom stereocenters. The minimum absolute atomic E-state index is 0.106. The third-order valence-corrected chi connectivity index (χ3v) is 19.1. The molecule has 3 N–H and O–H groups in total. The summed E-state index contributed by atoms with van der Waals surface area (Å²) >= 11 is 0. The molecule has 0 aromatic rings. The topological polar surface area (TPSA) is 237 Å². The molecule has 93 heavy (non-hydrogen) atoms. The summed E-state index contributed by atoms with van der Waals surface area (Å²) < 4.78 is 68.4. The summed E-state index contributed by atoms with van der Waals surface area (Å²) in [5, 5.41) is 10.6. The van der Waals surface area contributed by atoms with Gasteiger partial charge in [-0.25, -0.2) is 9.13 Å². The van der Waals surface area contributed by atoms with E-state index in [0.29, 0.717) is 25.7 Å². The number of phosphoric acid groups is 2. The third-order valence-electron chi connectivity index (χ3n) is 17.2. The largest absolute Gasteiger partial charge is 0.472 e. The lowest BCUT2D eigenvalue weighted by molar-refractivity contribution is -0.161. The highest BCUT2D eigenvalue weighted by Crippen LogP contribution is 2.45. The number of hydrogen-bond donors (Lipinski definition) is 3. The van der Waals surface area contributed by atoms with Crippen LogP contribution in [0.4, 0.5) is 0 Å². The number of aliphatic hydroxyl groups excluding tert-OH is 1. The molecule has 0 radical (unpaired) electrons. The van der Waals surface area contributed by atoms with Gasteiger partial charge in [-0.1, -0.05) is 330 Å². The summed E-state index contributed by atoms with van der Waals surface area (Å²) in [6.07, 6.45) is 52.6. The zero-order valence-electron chi connectivity index (χ0n) is 60.6. The summed E-state index contributed by atoms with van der Waals surface area (Å²) in [6, 6.07) is 0. The van der Waals surface area contributed by atoms with Crippen molar-refractivity contribution in [1.29, 1.82) is 0 Å².